The lowest BCUT2D eigenvalue weighted by Gasteiger charge is -2.10. The van der Waals surface area contributed by atoms with Crippen LogP contribution in [-0.4, -0.2) is 25.3 Å². The number of sulfonamides is 1. The molecule has 7 nitrogen and oxygen atoms in total. The van der Waals surface area contributed by atoms with Gasteiger partial charge >= 0.3 is 6.36 Å². The minimum atomic E-state index is -4.88. The first-order valence-electron chi connectivity index (χ1n) is 7.79. The third kappa shape index (κ3) is 4.26. The Labute approximate surface area is 157 Å². The SMILES string of the molecule is Cn1cc(C(=O)NNS(=O)(=O)c2ccc(OC(F)(F)F)cc2)c2ccccc21. The molecule has 28 heavy (non-hydrogen) atoms. The maximum Gasteiger partial charge on any atom is 0.573 e. The zero-order valence-electron chi connectivity index (χ0n) is 14.3. The van der Waals surface area contributed by atoms with Crippen LogP contribution in [0.4, 0.5) is 13.2 Å². The summed E-state index contributed by atoms with van der Waals surface area (Å²) in [6, 6.07) is 10.6. The number of ether oxygens (including phenoxy) is 1. The van der Waals surface area contributed by atoms with Crippen molar-refractivity contribution < 1.29 is 31.1 Å². The van der Waals surface area contributed by atoms with Gasteiger partial charge < -0.3 is 9.30 Å². The van der Waals surface area contributed by atoms with Gasteiger partial charge in [0.05, 0.1) is 10.5 Å². The fourth-order valence-electron chi connectivity index (χ4n) is 2.58. The van der Waals surface area contributed by atoms with Crippen LogP contribution in [0.1, 0.15) is 10.4 Å². The van der Waals surface area contributed by atoms with Crippen molar-refractivity contribution >= 4 is 26.8 Å². The molecule has 0 saturated heterocycles. The Morgan fingerprint density at radius 3 is 2.36 bits per heavy atom. The van der Waals surface area contributed by atoms with E-state index in [9.17, 15) is 26.4 Å². The van der Waals surface area contributed by atoms with Crippen LogP contribution in [0, 0.1) is 0 Å². The van der Waals surface area contributed by atoms with Crippen LogP contribution in [0.5, 0.6) is 5.75 Å². The van der Waals surface area contributed by atoms with Crippen molar-refractivity contribution in [1.29, 1.82) is 0 Å². The van der Waals surface area contributed by atoms with Gasteiger partial charge in [0.15, 0.2) is 0 Å². The Kier molecular flexibility index (Phi) is 5.04. The molecule has 0 unspecified atom stereocenters. The van der Waals surface area contributed by atoms with Gasteiger partial charge in [-0.3, -0.25) is 10.2 Å². The van der Waals surface area contributed by atoms with E-state index in [1.807, 2.05) is 4.83 Å². The molecule has 148 valence electrons. The molecule has 3 rings (SSSR count). The Morgan fingerprint density at radius 2 is 1.71 bits per heavy atom. The largest absolute Gasteiger partial charge is 0.573 e. The van der Waals surface area contributed by atoms with Gasteiger partial charge in [-0.05, 0) is 30.3 Å². The molecule has 0 atom stereocenters. The Balaban J connectivity index is 1.73. The molecule has 0 fully saturated rings. The summed E-state index contributed by atoms with van der Waals surface area (Å²) >= 11 is 0. The predicted octanol–water partition coefficient (Wildman–Crippen LogP) is 2.70. The summed E-state index contributed by atoms with van der Waals surface area (Å²) in [5.74, 6) is -1.25. The van der Waals surface area contributed by atoms with Gasteiger partial charge in [-0.25, -0.2) is 8.42 Å². The first kappa shape index (κ1) is 19.7. The highest BCUT2D eigenvalue weighted by Gasteiger charge is 2.31. The topological polar surface area (TPSA) is 89.4 Å². The zero-order valence-corrected chi connectivity index (χ0v) is 15.1. The van der Waals surface area contributed by atoms with Gasteiger partial charge in [0.2, 0.25) is 0 Å². The number of alkyl halides is 3. The first-order chi connectivity index (χ1) is 13.1. The van der Waals surface area contributed by atoms with Crippen LogP contribution < -0.4 is 15.0 Å². The van der Waals surface area contributed by atoms with E-state index < -0.39 is 28.0 Å². The van der Waals surface area contributed by atoms with Crippen molar-refractivity contribution in [2.24, 2.45) is 7.05 Å². The predicted molar refractivity (Wildman–Crippen MR) is 93.8 cm³/mol. The molecule has 0 saturated carbocycles. The van der Waals surface area contributed by atoms with Crippen LogP contribution >= 0.6 is 0 Å². The van der Waals surface area contributed by atoms with Gasteiger partial charge in [-0.15, -0.1) is 18.0 Å². The number of amides is 1. The quantitative estimate of drug-likeness (QED) is 0.630. The summed E-state index contributed by atoms with van der Waals surface area (Å²) in [5.41, 5.74) is 3.14. The monoisotopic (exact) mass is 413 g/mol. The molecule has 11 heteroatoms. The number of hydrogen-bond donors (Lipinski definition) is 2. The summed E-state index contributed by atoms with van der Waals surface area (Å²) in [6.45, 7) is 0. The first-order valence-corrected chi connectivity index (χ1v) is 9.27. The average molecular weight is 413 g/mol. The van der Waals surface area contributed by atoms with Crippen LogP contribution in [-0.2, 0) is 17.1 Å². The van der Waals surface area contributed by atoms with Crippen molar-refractivity contribution in [3.63, 3.8) is 0 Å². The number of para-hydroxylation sites is 1. The van der Waals surface area contributed by atoms with Crippen molar-refractivity contribution in [1.82, 2.24) is 14.8 Å². The van der Waals surface area contributed by atoms with Gasteiger partial charge in [0.1, 0.15) is 5.75 Å². The summed E-state index contributed by atoms with van der Waals surface area (Å²) in [6.07, 6.45) is -3.33. The molecule has 0 aliphatic heterocycles. The number of halogens is 3. The highest BCUT2D eigenvalue weighted by Crippen LogP contribution is 2.24. The van der Waals surface area contributed by atoms with E-state index in [0.29, 0.717) is 5.39 Å². The van der Waals surface area contributed by atoms with Crippen molar-refractivity contribution in [2.45, 2.75) is 11.3 Å². The number of hydrogen-bond acceptors (Lipinski definition) is 4. The Morgan fingerprint density at radius 1 is 1.07 bits per heavy atom. The standard InChI is InChI=1S/C17H14F3N3O4S/c1-23-10-14(13-4-2-3-5-15(13)23)16(24)21-22-28(25,26)12-8-6-11(7-9-12)27-17(18,19)20/h2-10,22H,1H3,(H,21,24). The Bertz CT molecular complexity index is 1120. The lowest BCUT2D eigenvalue weighted by molar-refractivity contribution is -0.274. The van der Waals surface area contributed by atoms with Gasteiger partial charge in [0, 0.05) is 24.1 Å². The molecule has 0 aliphatic rings. The second kappa shape index (κ2) is 7.17. The number of aryl methyl sites for hydroxylation is 1. The number of nitrogens with zero attached hydrogens (tertiary/aromatic N) is 1. The maximum atomic E-state index is 12.4. The molecule has 0 bridgehead atoms. The van der Waals surface area contributed by atoms with E-state index in [2.05, 4.69) is 10.2 Å². The zero-order chi connectivity index (χ0) is 20.5. The molecule has 0 aliphatic carbocycles. The molecule has 1 amide bonds. The third-order valence-corrected chi connectivity index (χ3v) is 5.07. The molecule has 3 aromatic rings. The molecule has 2 aromatic carbocycles. The molecule has 1 heterocycles. The number of fused-ring (bicyclic) bond motifs is 1. The summed E-state index contributed by atoms with van der Waals surface area (Å²) in [7, 11) is -2.45. The van der Waals surface area contributed by atoms with Crippen molar-refractivity contribution in [3.05, 3.63) is 60.3 Å². The van der Waals surface area contributed by atoms with E-state index >= 15 is 0 Å². The number of hydrazine groups is 1. The normalized spacial score (nSPS) is 12.1. The molecule has 2 N–H and O–H groups in total. The van der Waals surface area contributed by atoms with Crippen molar-refractivity contribution in [2.75, 3.05) is 0 Å². The number of nitrogens with one attached hydrogen (secondary N) is 2. The second-order valence-electron chi connectivity index (χ2n) is 5.75. The lowest BCUT2D eigenvalue weighted by Crippen LogP contribution is -2.41. The average Bonchev–Trinajstić information content (AvgIpc) is 2.96. The number of carbonyl (C=O) groups is 1. The number of rotatable bonds is 5. The van der Waals surface area contributed by atoms with Crippen LogP contribution in [0.15, 0.2) is 59.6 Å². The van der Waals surface area contributed by atoms with E-state index in [0.717, 1.165) is 29.8 Å². The second-order valence-corrected chi connectivity index (χ2v) is 7.43. The molecular formula is C17H14F3N3O4S. The van der Waals surface area contributed by atoms with Gasteiger partial charge in [0.25, 0.3) is 15.9 Å². The summed E-state index contributed by atoms with van der Waals surface area (Å²) < 4.78 is 66.4. The maximum absolute atomic E-state index is 12.4. The van der Waals surface area contributed by atoms with Crippen LogP contribution in [0.2, 0.25) is 0 Å². The number of benzene rings is 2. The fraction of sp³-hybridized carbons (Fsp3) is 0.118. The molecule has 1 aromatic heterocycles. The van der Waals surface area contributed by atoms with E-state index in [-0.39, 0.29) is 10.5 Å². The summed E-state index contributed by atoms with van der Waals surface area (Å²) in [5, 5.41) is 0.635. The van der Waals surface area contributed by atoms with Crippen LogP contribution in [0.3, 0.4) is 0 Å². The van der Waals surface area contributed by atoms with E-state index in [1.54, 1.807) is 42.1 Å². The van der Waals surface area contributed by atoms with Gasteiger partial charge in [-0.1, -0.05) is 18.2 Å². The smallest absolute Gasteiger partial charge is 0.406 e. The minimum Gasteiger partial charge on any atom is -0.406 e. The van der Waals surface area contributed by atoms with E-state index in [4.69, 9.17) is 0 Å². The third-order valence-electron chi connectivity index (χ3n) is 3.81. The number of carbonyl (C=O) groups excluding carboxylic acids is 1. The molecular weight excluding hydrogens is 399 g/mol. The van der Waals surface area contributed by atoms with Crippen molar-refractivity contribution in [3.8, 4) is 5.75 Å². The number of aromatic nitrogens is 1. The minimum absolute atomic E-state index is 0.259. The lowest BCUT2D eigenvalue weighted by atomic mass is 10.2. The fourth-order valence-corrected chi connectivity index (χ4v) is 3.42. The molecule has 0 radical (unpaired) electrons. The van der Waals surface area contributed by atoms with Gasteiger partial charge in [-0.2, -0.15) is 0 Å². The highest BCUT2D eigenvalue weighted by molar-refractivity contribution is 7.89. The van der Waals surface area contributed by atoms with Crippen LogP contribution in [0.25, 0.3) is 10.9 Å². The Hall–Kier alpha value is -3.05. The highest BCUT2D eigenvalue weighted by atomic mass is 32.2. The van der Waals surface area contributed by atoms with E-state index in [1.165, 1.54) is 0 Å². The summed E-state index contributed by atoms with van der Waals surface area (Å²) in [4.78, 5) is 13.9. The molecule has 0 spiro atoms.